The van der Waals surface area contributed by atoms with Gasteiger partial charge in [0.05, 0.1) is 5.69 Å². The highest BCUT2D eigenvalue weighted by Gasteiger charge is 2.10. The third-order valence-corrected chi connectivity index (χ3v) is 3.99. The monoisotopic (exact) mass is 280 g/mol. The second kappa shape index (κ2) is 5.24. The zero-order valence-electron chi connectivity index (χ0n) is 13.0. The number of fused-ring (bicyclic) bond motifs is 1. The van der Waals surface area contributed by atoms with Crippen LogP contribution in [0.15, 0.2) is 36.5 Å². The van der Waals surface area contributed by atoms with E-state index in [-0.39, 0.29) is 0 Å². The Balaban J connectivity index is 1.94. The van der Waals surface area contributed by atoms with Crippen molar-refractivity contribution in [2.75, 3.05) is 0 Å². The van der Waals surface area contributed by atoms with Gasteiger partial charge in [-0.15, -0.1) is 0 Å². The average Bonchev–Trinajstić information content (AvgIpc) is 2.75. The molecule has 0 aliphatic heterocycles. The lowest BCUT2D eigenvalue weighted by Crippen LogP contribution is -2.01. The molecule has 3 heteroatoms. The molecule has 0 N–H and O–H groups in total. The number of hydrogen-bond acceptors (Lipinski definition) is 2. The minimum Gasteiger partial charge on any atom is -0.488 e. The lowest BCUT2D eigenvalue weighted by molar-refractivity contribution is 0.302. The quantitative estimate of drug-likeness (QED) is 0.720. The van der Waals surface area contributed by atoms with E-state index in [2.05, 4.69) is 54.4 Å². The normalized spacial score (nSPS) is 11.0. The smallest absolute Gasteiger partial charge is 0.143 e. The molecule has 1 aromatic carbocycles. The summed E-state index contributed by atoms with van der Waals surface area (Å²) in [5, 5.41) is 0. The van der Waals surface area contributed by atoms with Gasteiger partial charge in [-0.25, -0.2) is 4.98 Å². The van der Waals surface area contributed by atoms with Crippen molar-refractivity contribution in [2.24, 2.45) is 0 Å². The van der Waals surface area contributed by atoms with E-state index in [1.54, 1.807) is 0 Å². The molecular weight excluding hydrogens is 260 g/mol. The summed E-state index contributed by atoms with van der Waals surface area (Å²) < 4.78 is 8.18. The number of nitrogens with zero attached hydrogens (tertiary/aromatic N) is 2. The van der Waals surface area contributed by atoms with Gasteiger partial charge in [0.2, 0.25) is 0 Å². The lowest BCUT2D eigenvalue weighted by atomic mass is 10.1. The van der Waals surface area contributed by atoms with E-state index in [9.17, 15) is 0 Å². The lowest BCUT2D eigenvalue weighted by Gasteiger charge is -2.12. The van der Waals surface area contributed by atoms with E-state index < -0.39 is 0 Å². The van der Waals surface area contributed by atoms with Gasteiger partial charge in [-0.1, -0.05) is 24.3 Å². The van der Waals surface area contributed by atoms with E-state index in [4.69, 9.17) is 4.74 Å². The third-order valence-electron chi connectivity index (χ3n) is 3.99. The molecule has 3 nitrogen and oxygen atoms in total. The molecule has 0 amide bonds. The van der Waals surface area contributed by atoms with Gasteiger partial charge >= 0.3 is 0 Å². The molecule has 0 unspecified atom stereocenters. The fraction of sp³-hybridized carbons (Fsp3) is 0.278. The first-order valence-corrected chi connectivity index (χ1v) is 7.20. The number of ether oxygens (including phenoxy) is 1. The van der Waals surface area contributed by atoms with Crippen LogP contribution in [0, 0.1) is 27.7 Å². The Hall–Kier alpha value is -2.29. The molecule has 0 saturated heterocycles. The van der Waals surface area contributed by atoms with Crippen molar-refractivity contribution in [3.63, 3.8) is 0 Å². The standard InChI is InChI=1S/C18H20N2O/c1-12-7-5-8-13(2)17(12)21-11-16-9-6-10-20-15(4)14(3)19-18(16)20/h5-10H,11H2,1-4H3. The molecular formula is C18H20N2O. The van der Waals surface area contributed by atoms with Crippen LogP contribution >= 0.6 is 0 Å². The first-order chi connectivity index (χ1) is 10.1. The second-order valence-corrected chi connectivity index (χ2v) is 5.52. The van der Waals surface area contributed by atoms with Crippen molar-refractivity contribution >= 4 is 5.65 Å². The Kier molecular flexibility index (Phi) is 3.42. The predicted molar refractivity (Wildman–Crippen MR) is 84.9 cm³/mol. The maximum absolute atomic E-state index is 6.06. The first kappa shape index (κ1) is 13.7. The highest BCUT2D eigenvalue weighted by Crippen LogP contribution is 2.24. The van der Waals surface area contributed by atoms with Gasteiger partial charge in [0.25, 0.3) is 0 Å². The molecule has 2 aromatic heterocycles. The van der Waals surface area contributed by atoms with Crippen molar-refractivity contribution in [3.8, 4) is 5.75 Å². The molecule has 0 aliphatic carbocycles. The summed E-state index contributed by atoms with van der Waals surface area (Å²) in [5.74, 6) is 0.972. The molecule has 0 fully saturated rings. The molecule has 2 heterocycles. The SMILES string of the molecule is Cc1cccc(C)c1OCc1cccn2c(C)c(C)nc12. The van der Waals surface area contributed by atoms with E-state index >= 15 is 0 Å². The van der Waals surface area contributed by atoms with Crippen molar-refractivity contribution in [1.29, 1.82) is 0 Å². The number of para-hydroxylation sites is 1. The van der Waals surface area contributed by atoms with E-state index in [0.29, 0.717) is 6.61 Å². The fourth-order valence-corrected chi connectivity index (χ4v) is 2.64. The van der Waals surface area contributed by atoms with Crippen LogP contribution < -0.4 is 4.74 Å². The van der Waals surface area contributed by atoms with Crippen LogP contribution in [0.5, 0.6) is 5.75 Å². The maximum atomic E-state index is 6.06. The van der Waals surface area contributed by atoms with E-state index in [1.807, 2.05) is 19.2 Å². The van der Waals surface area contributed by atoms with Gasteiger partial charge in [-0.3, -0.25) is 0 Å². The van der Waals surface area contributed by atoms with Gasteiger partial charge in [-0.05, 0) is 44.9 Å². The van der Waals surface area contributed by atoms with Crippen LogP contribution in [0.1, 0.15) is 28.1 Å². The number of aromatic nitrogens is 2. The molecule has 0 aliphatic rings. The van der Waals surface area contributed by atoms with Gasteiger partial charge in [0.15, 0.2) is 0 Å². The second-order valence-electron chi connectivity index (χ2n) is 5.52. The third kappa shape index (κ3) is 2.40. The minimum atomic E-state index is 0.534. The number of hydrogen-bond donors (Lipinski definition) is 0. The van der Waals surface area contributed by atoms with E-state index in [1.165, 1.54) is 5.69 Å². The average molecular weight is 280 g/mol. The maximum Gasteiger partial charge on any atom is 0.143 e. The molecule has 0 radical (unpaired) electrons. The van der Waals surface area contributed by atoms with Crippen molar-refractivity contribution in [3.05, 3.63) is 64.6 Å². The molecule has 21 heavy (non-hydrogen) atoms. The largest absolute Gasteiger partial charge is 0.488 e. The van der Waals surface area contributed by atoms with Crippen LogP contribution in [0.4, 0.5) is 0 Å². The number of aryl methyl sites for hydroxylation is 4. The van der Waals surface area contributed by atoms with Crippen molar-refractivity contribution in [1.82, 2.24) is 9.38 Å². The van der Waals surface area contributed by atoms with Crippen LogP contribution in [-0.4, -0.2) is 9.38 Å². The summed E-state index contributed by atoms with van der Waals surface area (Å²) in [7, 11) is 0. The molecule has 3 rings (SSSR count). The number of benzene rings is 1. The predicted octanol–water partition coefficient (Wildman–Crippen LogP) is 4.15. The summed E-state index contributed by atoms with van der Waals surface area (Å²) in [6, 6.07) is 10.3. The molecule has 0 bridgehead atoms. The van der Waals surface area contributed by atoms with Crippen LogP contribution in [0.2, 0.25) is 0 Å². The molecule has 0 spiro atoms. The Labute approximate surface area is 125 Å². The summed E-state index contributed by atoms with van der Waals surface area (Å²) in [6.45, 7) is 8.81. The molecule has 108 valence electrons. The summed E-state index contributed by atoms with van der Waals surface area (Å²) in [6.07, 6.45) is 2.05. The molecule has 0 atom stereocenters. The first-order valence-electron chi connectivity index (χ1n) is 7.20. The topological polar surface area (TPSA) is 26.5 Å². The number of rotatable bonds is 3. The van der Waals surface area contributed by atoms with Gasteiger partial charge < -0.3 is 9.14 Å². The number of imidazole rings is 1. The minimum absolute atomic E-state index is 0.534. The van der Waals surface area contributed by atoms with Crippen LogP contribution in [-0.2, 0) is 6.61 Å². The fourth-order valence-electron chi connectivity index (χ4n) is 2.64. The van der Waals surface area contributed by atoms with Crippen molar-refractivity contribution in [2.45, 2.75) is 34.3 Å². The van der Waals surface area contributed by atoms with Crippen LogP contribution in [0.25, 0.3) is 5.65 Å². The molecule has 0 saturated carbocycles. The van der Waals surface area contributed by atoms with Gasteiger partial charge in [0.1, 0.15) is 18.0 Å². The Morgan fingerprint density at radius 3 is 2.43 bits per heavy atom. The van der Waals surface area contributed by atoms with Gasteiger partial charge in [0, 0.05) is 17.5 Å². The highest BCUT2D eigenvalue weighted by atomic mass is 16.5. The van der Waals surface area contributed by atoms with Gasteiger partial charge in [-0.2, -0.15) is 0 Å². The van der Waals surface area contributed by atoms with E-state index in [0.717, 1.165) is 33.8 Å². The summed E-state index contributed by atoms with van der Waals surface area (Å²) in [5.41, 5.74) is 6.67. The summed E-state index contributed by atoms with van der Waals surface area (Å²) >= 11 is 0. The zero-order chi connectivity index (χ0) is 15.0. The Bertz CT molecular complexity index is 782. The van der Waals surface area contributed by atoms with Crippen LogP contribution in [0.3, 0.4) is 0 Å². The highest BCUT2D eigenvalue weighted by molar-refractivity contribution is 5.51. The number of pyridine rings is 1. The summed E-state index contributed by atoms with van der Waals surface area (Å²) in [4.78, 5) is 4.65. The molecule has 3 aromatic rings. The zero-order valence-corrected chi connectivity index (χ0v) is 13.0. The Morgan fingerprint density at radius 1 is 1.00 bits per heavy atom. The van der Waals surface area contributed by atoms with Crippen molar-refractivity contribution < 1.29 is 4.74 Å². The Morgan fingerprint density at radius 2 is 1.71 bits per heavy atom.